The summed E-state index contributed by atoms with van der Waals surface area (Å²) in [7, 11) is 0. The van der Waals surface area contributed by atoms with Crippen molar-refractivity contribution in [1.82, 2.24) is 4.98 Å². The molecule has 8 heteroatoms. The largest absolute Gasteiger partial charge is 0.465 e. The van der Waals surface area contributed by atoms with Gasteiger partial charge in [0.15, 0.2) is 5.78 Å². The Morgan fingerprint density at radius 1 is 1.12 bits per heavy atom. The predicted octanol–water partition coefficient (Wildman–Crippen LogP) is 3.99. The van der Waals surface area contributed by atoms with E-state index in [1.165, 1.54) is 37.4 Å². The summed E-state index contributed by atoms with van der Waals surface area (Å²) in [6.07, 6.45) is -4.51. The summed E-state index contributed by atoms with van der Waals surface area (Å²) in [6.45, 7) is 1.19. The van der Waals surface area contributed by atoms with Crippen molar-refractivity contribution < 1.29 is 27.9 Å². The van der Waals surface area contributed by atoms with Gasteiger partial charge in [-0.2, -0.15) is 13.2 Å². The number of amides is 1. The summed E-state index contributed by atoms with van der Waals surface area (Å²) in [5, 5.41) is 9.29. The highest BCUT2D eigenvalue weighted by Gasteiger charge is 2.30. The summed E-state index contributed by atoms with van der Waals surface area (Å²) in [5.41, 5.74) is -0.0986. The lowest BCUT2D eigenvalue weighted by molar-refractivity contribution is -0.137. The lowest BCUT2D eigenvalue weighted by Gasteiger charge is -2.18. The maximum absolute atomic E-state index is 12.5. The van der Waals surface area contributed by atoms with Gasteiger partial charge in [0.25, 0.3) is 0 Å². The second kappa shape index (κ2) is 6.69. The van der Waals surface area contributed by atoms with Crippen LogP contribution < -0.4 is 4.90 Å². The molecule has 1 amide bonds. The van der Waals surface area contributed by atoms with Crippen LogP contribution in [0.5, 0.6) is 0 Å². The van der Waals surface area contributed by atoms with Gasteiger partial charge in [0.2, 0.25) is 0 Å². The Morgan fingerprint density at radius 2 is 1.75 bits per heavy atom. The number of pyridine rings is 1. The fourth-order valence-electron chi connectivity index (χ4n) is 1.98. The van der Waals surface area contributed by atoms with Gasteiger partial charge in [-0.05, 0) is 36.8 Å². The molecular weight excluding hydrogens is 325 g/mol. The first kappa shape index (κ1) is 17.5. The molecule has 0 aliphatic carbocycles. The molecule has 0 aliphatic rings. The lowest BCUT2D eigenvalue weighted by Crippen LogP contribution is -2.29. The predicted molar refractivity (Wildman–Crippen MR) is 79.9 cm³/mol. The van der Waals surface area contributed by atoms with Crippen molar-refractivity contribution in [2.45, 2.75) is 19.6 Å². The van der Waals surface area contributed by atoms with Gasteiger partial charge in [-0.3, -0.25) is 9.69 Å². The molecule has 0 atom stereocenters. The first-order valence-electron chi connectivity index (χ1n) is 6.82. The monoisotopic (exact) mass is 338 g/mol. The highest BCUT2D eigenvalue weighted by Crippen LogP contribution is 2.29. The minimum absolute atomic E-state index is 0.0763. The quantitative estimate of drug-likeness (QED) is 0.856. The average Bonchev–Trinajstić information content (AvgIpc) is 2.52. The molecule has 0 bridgehead atoms. The molecule has 0 unspecified atom stereocenters. The van der Waals surface area contributed by atoms with Crippen LogP contribution >= 0.6 is 0 Å². The SMILES string of the molecule is CC(=O)c1ccc(N(Cc2ccc(C(F)(F)F)cc2)C(=O)O)nc1. The third-order valence-corrected chi connectivity index (χ3v) is 3.28. The zero-order valence-corrected chi connectivity index (χ0v) is 12.5. The molecule has 0 saturated heterocycles. The fourth-order valence-corrected chi connectivity index (χ4v) is 1.98. The van der Waals surface area contributed by atoms with Crippen molar-refractivity contribution in [1.29, 1.82) is 0 Å². The zero-order chi connectivity index (χ0) is 17.9. The number of aromatic nitrogens is 1. The van der Waals surface area contributed by atoms with Crippen molar-refractivity contribution >= 4 is 17.7 Å². The summed E-state index contributed by atoms with van der Waals surface area (Å²) in [6, 6.07) is 7.01. The molecule has 126 valence electrons. The van der Waals surface area contributed by atoms with Gasteiger partial charge in [0.1, 0.15) is 5.82 Å². The molecule has 2 rings (SSSR count). The van der Waals surface area contributed by atoms with Gasteiger partial charge in [0, 0.05) is 11.8 Å². The van der Waals surface area contributed by atoms with E-state index >= 15 is 0 Å². The molecule has 5 nitrogen and oxygen atoms in total. The Kier molecular flexibility index (Phi) is 4.87. The van der Waals surface area contributed by atoms with Crippen molar-refractivity contribution in [3.63, 3.8) is 0 Å². The Morgan fingerprint density at radius 3 is 2.17 bits per heavy atom. The third kappa shape index (κ3) is 4.09. The number of Topliss-reactive ketones (excluding diaryl/α,β-unsaturated/α-hetero) is 1. The van der Waals surface area contributed by atoms with Gasteiger partial charge in [-0.15, -0.1) is 0 Å². The van der Waals surface area contributed by atoms with E-state index in [2.05, 4.69) is 4.98 Å². The number of ketones is 1. The summed E-state index contributed by atoms with van der Waals surface area (Å²) in [4.78, 5) is 27.4. The number of rotatable bonds is 4. The summed E-state index contributed by atoms with van der Waals surface area (Å²) < 4.78 is 37.6. The summed E-state index contributed by atoms with van der Waals surface area (Å²) >= 11 is 0. The van der Waals surface area contributed by atoms with Gasteiger partial charge >= 0.3 is 12.3 Å². The van der Waals surface area contributed by atoms with Crippen LogP contribution in [0, 0.1) is 0 Å². The van der Waals surface area contributed by atoms with E-state index in [0.29, 0.717) is 11.1 Å². The van der Waals surface area contributed by atoms with Crippen LogP contribution in [0.25, 0.3) is 0 Å². The van der Waals surface area contributed by atoms with Gasteiger partial charge in [-0.1, -0.05) is 12.1 Å². The van der Waals surface area contributed by atoms with Gasteiger partial charge < -0.3 is 5.11 Å². The molecule has 1 heterocycles. The van der Waals surface area contributed by atoms with E-state index in [1.807, 2.05) is 0 Å². The number of carboxylic acid groups (broad SMARTS) is 1. The van der Waals surface area contributed by atoms with Crippen molar-refractivity contribution in [3.8, 4) is 0 Å². The van der Waals surface area contributed by atoms with E-state index in [1.54, 1.807) is 0 Å². The highest BCUT2D eigenvalue weighted by molar-refractivity contribution is 5.94. The van der Waals surface area contributed by atoms with E-state index in [4.69, 9.17) is 0 Å². The molecule has 0 radical (unpaired) electrons. The number of nitrogens with zero attached hydrogens (tertiary/aromatic N) is 2. The smallest absolute Gasteiger partial charge is 0.416 e. The molecule has 1 aromatic carbocycles. The topological polar surface area (TPSA) is 70.5 Å². The van der Waals surface area contributed by atoms with Gasteiger partial charge in [-0.25, -0.2) is 9.78 Å². The van der Waals surface area contributed by atoms with E-state index < -0.39 is 17.8 Å². The Balaban J connectivity index is 2.22. The van der Waals surface area contributed by atoms with Crippen molar-refractivity contribution in [2.75, 3.05) is 4.90 Å². The van der Waals surface area contributed by atoms with Crippen LogP contribution in [0.15, 0.2) is 42.6 Å². The number of alkyl halides is 3. The normalized spacial score (nSPS) is 11.2. The number of carbonyl (C=O) groups excluding carboxylic acids is 1. The molecule has 0 saturated carbocycles. The summed E-state index contributed by atoms with van der Waals surface area (Å²) in [5.74, 6) is -0.133. The minimum atomic E-state index is -4.45. The first-order valence-corrected chi connectivity index (χ1v) is 6.82. The zero-order valence-electron chi connectivity index (χ0n) is 12.5. The van der Waals surface area contributed by atoms with Crippen LogP contribution in [0.4, 0.5) is 23.8 Å². The van der Waals surface area contributed by atoms with Crippen LogP contribution in [0.3, 0.4) is 0 Å². The Hall–Kier alpha value is -2.90. The molecule has 0 spiro atoms. The number of hydrogen-bond acceptors (Lipinski definition) is 3. The Labute approximate surface area is 135 Å². The maximum Gasteiger partial charge on any atom is 0.416 e. The molecule has 2 aromatic rings. The molecule has 24 heavy (non-hydrogen) atoms. The lowest BCUT2D eigenvalue weighted by atomic mass is 10.1. The van der Waals surface area contributed by atoms with Crippen molar-refractivity contribution in [3.05, 3.63) is 59.3 Å². The van der Waals surface area contributed by atoms with Crippen LogP contribution in [0.2, 0.25) is 0 Å². The first-order chi connectivity index (χ1) is 11.2. The fraction of sp³-hybridized carbons (Fsp3) is 0.188. The van der Waals surface area contributed by atoms with Crippen molar-refractivity contribution in [2.24, 2.45) is 0 Å². The molecule has 0 fully saturated rings. The molecule has 1 aromatic heterocycles. The van der Waals surface area contributed by atoms with Crippen LogP contribution in [-0.2, 0) is 12.7 Å². The van der Waals surface area contributed by atoms with E-state index in [0.717, 1.165) is 17.0 Å². The average molecular weight is 338 g/mol. The standard InChI is InChI=1S/C16H13F3N2O3/c1-10(22)12-4-7-14(20-8-12)21(15(23)24)9-11-2-5-13(6-3-11)16(17,18)19/h2-8H,9H2,1H3,(H,23,24). The third-order valence-electron chi connectivity index (χ3n) is 3.28. The Bertz CT molecular complexity index is 741. The highest BCUT2D eigenvalue weighted by atomic mass is 19.4. The number of anilines is 1. The second-order valence-corrected chi connectivity index (χ2v) is 5.02. The van der Waals surface area contributed by atoms with E-state index in [9.17, 15) is 27.9 Å². The molecular formula is C16H13F3N2O3. The number of carbonyl (C=O) groups is 2. The maximum atomic E-state index is 12.5. The molecule has 0 aliphatic heterocycles. The van der Waals surface area contributed by atoms with Crippen LogP contribution in [-0.4, -0.2) is 22.0 Å². The second-order valence-electron chi connectivity index (χ2n) is 5.02. The number of hydrogen-bond donors (Lipinski definition) is 1. The van der Waals surface area contributed by atoms with E-state index in [-0.39, 0.29) is 18.1 Å². The van der Waals surface area contributed by atoms with Crippen LogP contribution in [0.1, 0.15) is 28.4 Å². The number of halogens is 3. The van der Waals surface area contributed by atoms with Gasteiger partial charge in [0.05, 0.1) is 12.1 Å². The number of benzene rings is 1. The minimum Gasteiger partial charge on any atom is -0.465 e. The molecule has 1 N–H and O–H groups in total.